The first-order valence-electron chi connectivity index (χ1n) is 5.91. The van der Waals surface area contributed by atoms with Crippen LogP contribution in [-0.2, 0) is 0 Å². The van der Waals surface area contributed by atoms with Gasteiger partial charge in [0.1, 0.15) is 5.01 Å². The van der Waals surface area contributed by atoms with Gasteiger partial charge in [0.05, 0.1) is 10.2 Å². The van der Waals surface area contributed by atoms with E-state index in [4.69, 9.17) is 0 Å². The summed E-state index contributed by atoms with van der Waals surface area (Å²) in [5.41, 5.74) is 3.57. The minimum absolute atomic E-state index is 1.05. The molecule has 0 N–H and O–H groups in total. The number of fused-ring (bicyclic) bond motifs is 1. The maximum Gasteiger partial charge on any atom is 0.117 e. The zero-order valence-corrected chi connectivity index (χ0v) is 10.9. The Bertz CT molecular complexity index is 677. The predicted molar refractivity (Wildman–Crippen MR) is 79.7 cm³/mol. The van der Waals surface area contributed by atoms with E-state index in [1.165, 1.54) is 15.8 Å². The summed E-state index contributed by atoms with van der Waals surface area (Å²) >= 11 is 1.72. The van der Waals surface area contributed by atoms with Crippen molar-refractivity contribution in [2.75, 3.05) is 0 Å². The summed E-state index contributed by atoms with van der Waals surface area (Å²) in [6.45, 7) is 2.11. The molecule has 0 aliphatic heterocycles. The SMILES string of the molecule is Cc1cccc(/C=C/c2nc3ccccc3s2)c1. The van der Waals surface area contributed by atoms with Crippen molar-refractivity contribution in [1.82, 2.24) is 4.98 Å². The van der Waals surface area contributed by atoms with Crippen molar-refractivity contribution < 1.29 is 0 Å². The highest BCUT2D eigenvalue weighted by Gasteiger charge is 1.99. The monoisotopic (exact) mass is 251 g/mol. The number of hydrogen-bond acceptors (Lipinski definition) is 2. The molecule has 0 bridgehead atoms. The number of aromatic nitrogens is 1. The lowest BCUT2D eigenvalue weighted by atomic mass is 10.1. The van der Waals surface area contributed by atoms with Crippen molar-refractivity contribution in [2.24, 2.45) is 0 Å². The average molecular weight is 251 g/mol. The van der Waals surface area contributed by atoms with E-state index in [1.54, 1.807) is 11.3 Å². The Hall–Kier alpha value is -1.93. The fourth-order valence-electron chi connectivity index (χ4n) is 1.90. The quantitative estimate of drug-likeness (QED) is 0.639. The molecule has 0 aliphatic rings. The van der Waals surface area contributed by atoms with Crippen LogP contribution in [0.5, 0.6) is 0 Å². The minimum atomic E-state index is 1.05. The molecule has 0 unspecified atom stereocenters. The van der Waals surface area contributed by atoms with Crippen LogP contribution in [0.4, 0.5) is 0 Å². The Kier molecular flexibility index (Phi) is 2.95. The van der Waals surface area contributed by atoms with Crippen molar-refractivity contribution in [3.63, 3.8) is 0 Å². The molecule has 88 valence electrons. The van der Waals surface area contributed by atoms with Crippen LogP contribution in [0.2, 0.25) is 0 Å². The van der Waals surface area contributed by atoms with E-state index in [0.29, 0.717) is 0 Å². The van der Waals surface area contributed by atoms with Gasteiger partial charge in [-0.1, -0.05) is 48.0 Å². The molecule has 2 aromatic carbocycles. The minimum Gasteiger partial charge on any atom is -0.237 e. The zero-order valence-electron chi connectivity index (χ0n) is 10.1. The summed E-state index contributed by atoms with van der Waals surface area (Å²) in [7, 11) is 0. The standard InChI is InChI=1S/C16H13NS/c1-12-5-4-6-13(11-12)9-10-16-17-14-7-2-3-8-15(14)18-16/h2-11H,1H3/b10-9+. The number of hydrogen-bond donors (Lipinski definition) is 0. The van der Waals surface area contributed by atoms with Crippen LogP contribution >= 0.6 is 11.3 Å². The second-order valence-corrected chi connectivity index (χ2v) is 5.33. The van der Waals surface area contributed by atoms with E-state index in [1.807, 2.05) is 6.07 Å². The van der Waals surface area contributed by atoms with Gasteiger partial charge in [0.25, 0.3) is 0 Å². The summed E-state index contributed by atoms with van der Waals surface area (Å²) < 4.78 is 1.24. The van der Waals surface area contributed by atoms with Gasteiger partial charge in [0.15, 0.2) is 0 Å². The molecular formula is C16H13NS. The van der Waals surface area contributed by atoms with Crippen LogP contribution in [0.15, 0.2) is 48.5 Å². The Morgan fingerprint density at radius 3 is 2.72 bits per heavy atom. The van der Waals surface area contributed by atoms with Crippen LogP contribution in [-0.4, -0.2) is 4.98 Å². The topological polar surface area (TPSA) is 12.9 Å². The third-order valence-corrected chi connectivity index (χ3v) is 3.77. The summed E-state index contributed by atoms with van der Waals surface area (Å²) in [6.07, 6.45) is 4.20. The lowest BCUT2D eigenvalue weighted by molar-refractivity contribution is 1.45. The highest BCUT2D eigenvalue weighted by atomic mass is 32.1. The fraction of sp³-hybridized carbons (Fsp3) is 0.0625. The molecule has 0 aliphatic carbocycles. The predicted octanol–water partition coefficient (Wildman–Crippen LogP) is 4.78. The zero-order chi connectivity index (χ0) is 12.4. The van der Waals surface area contributed by atoms with Gasteiger partial charge in [-0.2, -0.15) is 0 Å². The largest absolute Gasteiger partial charge is 0.237 e. The highest BCUT2D eigenvalue weighted by Crippen LogP contribution is 2.23. The molecule has 0 saturated heterocycles. The molecule has 18 heavy (non-hydrogen) atoms. The van der Waals surface area contributed by atoms with Gasteiger partial charge in [0.2, 0.25) is 0 Å². The van der Waals surface area contributed by atoms with E-state index in [0.717, 1.165) is 10.5 Å². The van der Waals surface area contributed by atoms with Crippen molar-refractivity contribution >= 4 is 33.7 Å². The Balaban J connectivity index is 1.92. The second-order valence-electron chi connectivity index (χ2n) is 4.27. The van der Waals surface area contributed by atoms with Gasteiger partial charge in [-0.05, 0) is 30.7 Å². The van der Waals surface area contributed by atoms with Crippen molar-refractivity contribution in [3.8, 4) is 0 Å². The number of para-hydroxylation sites is 1. The van der Waals surface area contributed by atoms with E-state index < -0.39 is 0 Å². The average Bonchev–Trinajstić information content (AvgIpc) is 2.79. The highest BCUT2D eigenvalue weighted by molar-refractivity contribution is 7.19. The van der Waals surface area contributed by atoms with Crippen LogP contribution < -0.4 is 0 Å². The fourth-order valence-corrected chi connectivity index (χ4v) is 2.77. The van der Waals surface area contributed by atoms with Crippen molar-refractivity contribution in [2.45, 2.75) is 6.92 Å². The number of benzene rings is 2. The molecule has 0 atom stereocenters. The molecule has 0 spiro atoms. The molecule has 3 aromatic rings. The first-order chi connectivity index (χ1) is 8.81. The molecule has 1 nitrogen and oxygen atoms in total. The molecular weight excluding hydrogens is 238 g/mol. The first kappa shape index (κ1) is 11.2. The molecule has 1 aromatic heterocycles. The molecule has 2 heteroatoms. The van der Waals surface area contributed by atoms with Crippen LogP contribution in [0.25, 0.3) is 22.4 Å². The molecule has 0 amide bonds. The smallest absolute Gasteiger partial charge is 0.117 e. The summed E-state index contributed by atoms with van der Waals surface area (Å²) in [6, 6.07) is 16.7. The van der Waals surface area contributed by atoms with Crippen LogP contribution in [0, 0.1) is 6.92 Å². The van der Waals surface area contributed by atoms with E-state index in [-0.39, 0.29) is 0 Å². The summed E-state index contributed by atoms with van der Waals surface area (Å²) in [5, 5.41) is 1.05. The maximum atomic E-state index is 4.58. The van der Waals surface area contributed by atoms with E-state index in [9.17, 15) is 0 Å². The van der Waals surface area contributed by atoms with Gasteiger partial charge in [0, 0.05) is 0 Å². The van der Waals surface area contributed by atoms with E-state index in [2.05, 4.69) is 66.5 Å². The number of aryl methyl sites for hydroxylation is 1. The van der Waals surface area contributed by atoms with Crippen molar-refractivity contribution in [1.29, 1.82) is 0 Å². The third kappa shape index (κ3) is 2.34. The third-order valence-electron chi connectivity index (χ3n) is 2.77. The molecule has 0 saturated carbocycles. The van der Waals surface area contributed by atoms with Crippen LogP contribution in [0.3, 0.4) is 0 Å². The first-order valence-corrected chi connectivity index (χ1v) is 6.73. The Morgan fingerprint density at radius 1 is 1.00 bits per heavy atom. The van der Waals surface area contributed by atoms with Gasteiger partial charge < -0.3 is 0 Å². The number of nitrogens with zero attached hydrogens (tertiary/aromatic N) is 1. The van der Waals surface area contributed by atoms with Crippen LogP contribution in [0.1, 0.15) is 16.1 Å². The van der Waals surface area contributed by atoms with E-state index >= 15 is 0 Å². The molecule has 0 radical (unpaired) electrons. The second kappa shape index (κ2) is 4.75. The normalized spacial score (nSPS) is 11.4. The molecule has 0 fully saturated rings. The molecule has 3 rings (SSSR count). The summed E-state index contributed by atoms with van der Waals surface area (Å²) in [5.74, 6) is 0. The number of rotatable bonds is 2. The Morgan fingerprint density at radius 2 is 1.89 bits per heavy atom. The van der Waals surface area contributed by atoms with Gasteiger partial charge >= 0.3 is 0 Å². The lowest BCUT2D eigenvalue weighted by Crippen LogP contribution is -1.74. The summed E-state index contributed by atoms with van der Waals surface area (Å²) in [4.78, 5) is 4.58. The van der Waals surface area contributed by atoms with Gasteiger partial charge in [-0.25, -0.2) is 4.98 Å². The van der Waals surface area contributed by atoms with Crippen molar-refractivity contribution in [3.05, 3.63) is 64.7 Å². The number of thiazole rings is 1. The lowest BCUT2D eigenvalue weighted by Gasteiger charge is -1.94. The van der Waals surface area contributed by atoms with Gasteiger partial charge in [-0.15, -0.1) is 11.3 Å². The van der Waals surface area contributed by atoms with Gasteiger partial charge in [-0.3, -0.25) is 0 Å². The molecule has 1 heterocycles. The maximum absolute atomic E-state index is 4.58. The Labute approximate surface area is 110 Å².